The number of piperidine rings is 2. The molecule has 0 amide bonds. The molecule has 2 saturated heterocycles. The number of aromatic nitrogens is 1. The molecule has 0 radical (unpaired) electrons. The van der Waals surface area contributed by atoms with E-state index in [1.165, 1.54) is 5.69 Å². The zero-order valence-electron chi connectivity index (χ0n) is 21.5. The van der Waals surface area contributed by atoms with Crippen LogP contribution in [0.4, 0.5) is 10.1 Å². The topological polar surface area (TPSA) is 40.2 Å². The van der Waals surface area contributed by atoms with E-state index in [9.17, 15) is 4.39 Å². The van der Waals surface area contributed by atoms with Crippen molar-refractivity contribution in [1.82, 2.24) is 25.2 Å². The van der Waals surface area contributed by atoms with E-state index in [1.54, 1.807) is 12.1 Å². The number of pyridine rings is 1. The van der Waals surface area contributed by atoms with Crippen LogP contribution in [0.1, 0.15) is 49.3 Å². The zero-order chi connectivity index (χ0) is 25.5. The molecule has 6 rings (SSSR count). The van der Waals surface area contributed by atoms with Crippen LogP contribution in [0.25, 0.3) is 0 Å². The summed E-state index contributed by atoms with van der Waals surface area (Å²) in [7, 11) is 0. The summed E-state index contributed by atoms with van der Waals surface area (Å²) in [4.78, 5) is 7.21. The number of nitrogens with zero attached hydrogens (tertiary/aromatic N) is 3. The van der Waals surface area contributed by atoms with Crippen LogP contribution in [-0.4, -0.2) is 54.7 Å². The van der Waals surface area contributed by atoms with Crippen LogP contribution >= 0.6 is 11.6 Å². The molecule has 0 aliphatic carbocycles. The Kier molecular flexibility index (Phi) is 6.80. The molecule has 3 aliphatic heterocycles. The van der Waals surface area contributed by atoms with Crippen LogP contribution in [0.5, 0.6) is 0 Å². The second kappa shape index (κ2) is 10.1. The van der Waals surface area contributed by atoms with Crippen LogP contribution in [0.3, 0.4) is 0 Å². The lowest BCUT2D eigenvalue weighted by atomic mass is 9.78. The molecule has 5 nitrogen and oxygen atoms in total. The van der Waals surface area contributed by atoms with Gasteiger partial charge < -0.3 is 10.2 Å². The molecule has 2 atom stereocenters. The molecule has 3 aromatic rings. The number of halogens is 2. The molecule has 2 fully saturated rings. The first kappa shape index (κ1) is 25.0. The Hall–Kier alpha value is -2.35. The van der Waals surface area contributed by atoms with Gasteiger partial charge in [0.1, 0.15) is 23.4 Å². The molecule has 3 aliphatic rings. The normalized spacial score (nSPS) is 27.3. The Morgan fingerprint density at radius 1 is 0.946 bits per heavy atom. The average Bonchev–Trinajstić information content (AvgIpc) is 3.27. The van der Waals surface area contributed by atoms with Crippen molar-refractivity contribution >= 4 is 17.3 Å². The van der Waals surface area contributed by atoms with Crippen LogP contribution in [0, 0.1) is 5.82 Å². The standard InChI is InChI=1S/C30H36ClFN5/c1-2-36-19-14-27(15-20-36)37(26-11-16-33-17-12-26)29-13-18-34-21-28(29)30(35-37,22-3-7-24(31)8-4-22)23-5-9-25(32)10-6-23/h3-10,13,18,21,26-27,33,35H,2,11-12,14-17,19-20H2,1H3/q+1. The lowest BCUT2D eigenvalue weighted by molar-refractivity contribution is 0.0177. The van der Waals surface area contributed by atoms with Gasteiger partial charge in [-0.25, -0.2) is 8.98 Å². The summed E-state index contributed by atoms with van der Waals surface area (Å²) < 4.78 is 14.9. The summed E-state index contributed by atoms with van der Waals surface area (Å²) in [6.07, 6.45) is 8.44. The Morgan fingerprint density at radius 2 is 1.57 bits per heavy atom. The van der Waals surface area contributed by atoms with Crippen LogP contribution < -0.4 is 15.3 Å². The minimum Gasteiger partial charge on any atom is -0.316 e. The average molecular weight is 521 g/mol. The Balaban J connectivity index is 1.59. The first-order valence-corrected chi connectivity index (χ1v) is 14.0. The highest BCUT2D eigenvalue weighted by Crippen LogP contribution is 2.53. The van der Waals surface area contributed by atoms with Gasteiger partial charge in [-0.05, 0) is 41.9 Å². The largest absolute Gasteiger partial charge is 0.316 e. The highest BCUT2D eigenvalue weighted by molar-refractivity contribution is 6.30. The summed E-state index contributed by atoms with van der Waals surface area (Å²) in [6, 6.07) is 18.2. The van der Waals surface area contributed by atoms with Gasteiger partial charge in [-0.2, -0.15) is 0 Å². The summed E-state index contributed by atoms with van der Waals surface area (Å²) >= 11 is 6.36. The summed E-state index contributed by atoms with van der Waals surface area (Å²) in [5.74, 6) is -0.231. The maximum Gasteiger partial charge on any atom is 0.161 e. The van der Waals surface area contributed by atoms with Gasteiger partial charge in [0, 0.05) is 75.3 Å². The van der Waals surface area contributed by atoms with Crippen LogP contribution in [0.2, 0.25) is 5.02 Å². The third-order valence-corrected chi connectivity index (χ3v) is 9.22. The fourth-order valence-electron chi connectivity index (χ4n) is 7.13. The number of fused-ring (bicyclic) bond motifs is 1. The van der Waals surface area contributed by atoms with Gasteiger partial charge in [0.05, 0.1) is 5.56 Å². The van der Waals surface area contributed by atoms with Crippen molar-refractivity contribution in [3.63, 3.8) is 0 Å². The van der Waals surface area contributed by atoms with Gasteiger partial charge in [-0.3, -0.25) is 4.98 Å². The lowest BCUT2D eigenvalue weighted by Gasteiger charge is -2.51. The van der Waals surface area contributed by atoms with E-state index in [0.717, 1.165) is 79.7 Å². The second-order valence-electron chi connectivity index (χ2n) is 10.7. The molecule has 2 aromatic carbocycles. The van der Waals surface area contributed by atoms with E-state index in [1.807, 2.05) is 36.7 Å². The molecule has 0 bridgehead atoms. The third kappa shape index (κ3) is 4.10. The molecule has 7 heteroatoms. The van der Waals surface area contributed by atoms with Crippen LogP contribution in [-0.2, 0) is 5.54 Å². The van der Waals surface area contributed by atoms with Crippen molar-refractivity contribution in [2.75, 3.05) is 32.7 Å². The van der Waals surface area contributed by atoms with Crippen molar-refractivity contribution in [3.8, 4) is 0 Å². The number of hydrogen-bond acceptors (Lipinski definition) is 4. The predicted molar refractivity (Wildman–Crippen MR) is 148 cm³/mol. The van der Waals surface area contributed by atoms with Crippen LogP contribution in [0.15, 0.2) is 67.0 Å². The molecule has 2 N–H and O–H groups in total. The number of rotatable bonds is 5. The summed E-state index contributed by atoms with van der Waals surface area (Å²) in [6.45, 7) is 7.61. The third-order valence-electron chi connectivity index (χ3n) is 8.97. The maximum atomic E-state index is 14.2. The first-order valence-electron chi connectivity index (χ1n) is 13.7. The number of benzene rings is 2. The minimum absolute atomic E-state index is 0.231. The Labute approximate surface area is 224 Å². The Morgan fingerprint density at radius 3 is 2.22 bits per heavy atom. The van der Waals surface area contributed by atoms with E-state index in [2.05, 4.69) is 45.7 Å². The zero-order valence-corrected chi connectivity index (χ0v) is 22.2. The number of nitrogens with one attached hydrogen (secondary N) is 2. The molecule has 0 spiro atoms. The molecular weight excluding hydrogens is 485 g/mol. The van der Waals surface area contributed by atoms with Gasteiger partial charge in [0.25, 0.3) is 0 Å². The minimum atomic E-state index is -0.672. The molecule has 2 unspecified atom stereocenters. The quantitative estimate of drug-likeness (QED) is 0.452. The van der Waals surface area contributed by atoms with Gasteiger partial charge in [-0.1, -0.05) is 42.8 Å². The number of hydrogen-bond donors (Lipinski definition) is 2. The Bertz CT molecular complexity index is 1170. The smallest absolute Gasteiger partial charge is 0.161 e. The van der Waals surface area contributed by atoms with E-state index >= 15 is 0 Å². The van der Waals surface area contributed by atoms with Gasteiger partial charge in [0.15, 0.2) is 5.69 Å². The summed E-state index contributed by atoms with van der Waals surface area (Å²) in [5.41, 5.74) is 8.21. The van der Waals surface area contributed by atoms with Gasteiger partial charge >= 0.3 is 0 Å². The second-order valence-corrected chi connectivity index (χ2v) is 11.1. The SMILES string of the molecule is CCN1CCC([N+]2(C3CCNCC3)NC(c3ccc(F)cc3)(c3ccc(Cl)cc3)c3cnccc32)CC1. The highest BCUT2D eigenvalue weighted by atomic mass is 35.5. The molecule has 1 aromatic heterocycles. The molecule has 4 heterocycles. The first-order chi connectivity index (χ1) is 18.1. The summed E-state index contributed by atoms with van der Waals surface area (Å²) in [5, 5.41) is 4.28. The van der Waals surface area contributed by atoms with Gasteiger partial charge in [0.2, 0.25) is 0 Å². The lowest BCUT2D eigenvalue weighted by Crippen LogP contribution is -2.73. The van der Waals surface area contributed by atoms with E-state index < -0.39 is 5.54 Å². The molecule has 0 saturated carbocycles. The van der Waals surface area contributed by atoms with Crippen molar-refractivity contribution in [2.45, 2.75) is 50.2 Å². The van der Waals surface area contributed by atoms with Crippen molar-refractivity contribution in [2.24, 2.45) is 0 Å². The molecule has 194 valence electrons. The molecule has 37 heavy (non-hydrogen) atoms. The van der Waals surface area contributed by atoms with Crippen molar-refractivity contribution in [1.29, 1.82) is 0 Å². The van der Waals surface area contributed by atoms with Crippen molar-refractivity contribution in [3.05, 3.63) is 94.5 Å². The van der Waals surface area contributed by atoms with E-state index in [0.29, 0.717) is 17.1 Å². The van der Waals surface area contributed by atoms with Gasteiger partial charge in [-0.15, -0.1) is 5.43 Å². The number of likely N-dealkylation sites (tertiary alicyclic amines) is 1. The fraction of sp³-hybridized carbons (Fsp3) is 0.433. The monoisotopic (exact) mass is 520 g/mol. The predicted octanol–water partition coefficient (Wildman–Crippen LogP) is 5.23. The fourth-order valence-corrected chi connectivity index (χ4v) is 7.26. The van der Waals surface area contributed by atoms with Crippen molar-refractivity contribution < 1.29 is 4.39 Å². The van der Waals surface area contributed by atoms with E-state index in [4.69, 9.17) is 11.6 Å². The molecular formula is C30H36ClFN5+. The maximum absolute atomic E-state index is 14.2. The number of quaternary nitrogens is 1. The highest BCUT2D eigenvalue weighted by Gasteiger charge is 2.61. The van der Waals surface area contributed by atoms with E-state index in [-0.39, 0.29) is 5.82 Å².